The maximum atomic E-state index is 13.0. The molecule has 2 aromatic rings. The standard InChI is InChI=1S/C15H16FN3/c1-9-15-13-7-4-11(17-13)8-14(15)19(18-9)12-5-2-10(16)3-6-12/h2-3,5-6,11,13,17H,4,7-8H2,1H3/t11-,13-/m1/s1. The second kappa shape index (κ2) is 3.90. The highest BCUT2D eigenvalue weighted by Gasteiger charge is 2.36. The molecule has 0 amide bonds. The van der Waals surface area contributed by atoms with Gasteiger partial charge in [-0.1, -0.05) is 0 Å². The van der Waals surface area contributed by atoms with E-state index in [-0.39, 0.29) is 5.82 Å². The van der Waals surface area contributed by atoms with Crippen LogP contribution in [0.2, 0.25) is 0 Å². The Morgan fingerprint density at radius 3 is 2.84 bits per heavy atom. The Labute approximate surface area is 111 Å². The second-order valence-electron chi connectivity index (χ2n) is 5.53. The number of hydrogen-bond acceptors (Lipinski definition) is 2. The molecule has 98 valence electrons. The van der Waals surface area contributed by atoms with Crippen LogP contribution in [-0.4, -0.2) is 15.8 Å². The van der Waals surface area contributed by atoms with E-state index in [1.165, 1.54) is 36.2 Å². The topological polar surface area (TPSA) is 29.9 Å². The summed E-state index contributed by atoms with van der Waals surface area (Å²) in [5.74, 6) is -0.205. The number of fused-ring (bicyclic) bond motifs is 4. The predicted molar refractivity (Wildman–Crippen MR) is 70.9 cm³/mol. The molecule has 2 bridgehead atoms. The normalized spacial score (nSPS) is 24.5. The van der Waals surface area contributed by atoms with Crippen molar-refractivity contribution in [2.24, 2.45) is 0 Å². The van der Waals surface area contributed by atoms with Crippen molar-refractivity contribution < 1.29 is 4.39 Å². The maximum absolute atomic E-state index is 13.0. The summed E-state index contributed by atoms with van der Waals surface area (Å²) in [4.78, 5) is 0. The summed E-state index contributed by atoms with van der Waals surface area (Å²) in [5, 5.41) is 8.31. The highest BCUT2D eigenvalue weighted by molar-refractivity contribution is 5.41. The minimum Gasteiger partial charge on any atom is -0.307 e. The molecule has 0 unspecified atom stereocenters. The largest absolute Gasteiger partial charge is 0.307 e. The van der Waals surface area contributed by atoms with E-state index in [0.717, 1.165) is 17.8 Å². The minimum atomic E-state index is -0.205. The lowest BCUT2D eigenvalue weighted by Gasteiger charge is -2.23. The molecule has 3 nitrogen and oxygen atoms in total. The number of nitrogens with one attached hydrogen (secondary N) is 1. The number of aromatic nitrogens is 2. The molecule has 3 heterocycles. The van der Waals surface area contributed by atoms with Crippen LogP contribution in [0.3, 0.4) is 0 Å². The Bertz CT molecular complexity index is 630. The van der Waals surface area contributed by atoms with E-state index in [0.29, 0.717) is 12.1 Å². The third-order valence-corrected chi connectivity index (χ3v) is 4.31. The van der Waals surface area contributed by atoms with Crippen molar-refractivity contribution in [3.05, 3.63) is 47.0 Å². The fourth-order valence-electron chi connectivity index (χ4n) is 3.47. The van der Waals surface area contributed by atoms with Crippen LogP contribution in [0.1, 0.15) is 35.8 Å². The summed E-state index contributed by atoms with van der Waals surface area (Å²) in [6.45, 7) is 2.07. The molecule has 0 saturated carbocycles. The van der Waals surface area contributed by atoms with Crippen LogP contribution in [0.25, 0.3) is 5.69 Å². The van der Waals surface area contributed by atoms with Crippen molar-refractivity contribution >= 4 is 0 Å². The number of aryl methyl sites for hydroxylation is 1. The predicted octanol–water partition coefficient (Wildman–Crippen LogP) is 2.67. The van der Waals surface area contributed by atoms with Crippen molar-refractivity contribution in [2.45, 2.75) is 38.3 Å². The summed E-state index contributed by atoms with van der Waals surface area (Å²) in [5.41, 5.74) is 4.71. The molecule has 0 aliphatic carbocycles. The average Bonchev–Trinajstić information content (AvgIpc) is 2.93. The van der Waals surface area contributed by atoms with Gasteiger partial charge >= 0.3 is 0 Å². The first-order valence-corrected chi connectivity index (χ1v) is 6.83. The Balaban J connectivity index is 1.86. The van der Waals surface area contributed by atoms with Gasteiger partial charge in [-0.25, -0.2) is 9.07 Å². The molecule has 2 aliphatic rings. The monoisotopic (exact) mass is 257 g/mol. The zero-order valence-electron chi connectivity index (χ0n) is 10.9. The molecule has 2 atom stereocenters. The van der Waals surface area contributed by atoms with E-state index >= 15 is 0 Å². The van der Waals surface area contributed by atoms with E-state index in [2.05, 4.69) is 17.3 Å². The molecule has 1 N–H and O–H groups in total. The SMILES string of the molecule is Cc1nn(-c2ccc(F)cc2)c2c1[C@H]1CC[C@H](C2)N1. The van der Waals surface area contributed by atoms with Crippen LogP contribution >= 0.6 is 0 Å². The lowest BCUT2D eigenvalue weighted by Crippen LogP contribution is -2.32. The molecule has 1 aromatic carbocycles. The van der Waals surface area contributed by atoms with Crippen molar-refractivity contribution in [3.8, 4) is 5.69 Å². The highest BCUT2D eigenvalue weighted by Crippen LogP contribution is 2.38. The van der Waals surface area contributed by atoms with E-state index < -0.39 is 0 Å². The van der Waals surface area contributed by atoms with Gasteiger partial charge in [-0.05, 0) is 44.0 Å². The first-order chi connectivity index (χ1) is 9.22. The molecule has 0 radical (unpaired) electrons. The van der Waals surface area contributed by atoms with Gasteiger partial charge in [0.1, 0.15) is 5.82 Å². The number of nitrogens with zero attached hydrogens (tertiary/aromatic N) is 2. The summed E-state index contributed by atoms with van der Waals surface area (Å²) in [6.07, 6.45) is 3.46. The molecule has 4 rings (SSSR count). The van der Waals surface area contributed by atoms with Crippen molar-refractivity contribution in [1.29, 1.82) is 0 Å². The molecular formula is C15H16FN3. The van der Waals surface area contributed by atoms with Crippen molar-refractivity contribution in [2.75, 3.05) is 0 Å². The Morgan fingerprint density at radius 2 is 2.05 bits per heavy atom. The second-order valence-corrected chi connectivity index (χ2v) is 5.53. The third kappa shape index (κ3) is 1.63. The molecule has 4 heteroatoms. The smallest absolute Gasteiger partial charge is 0.123 e. The lowest BCUT2D eigenvalue weighted by molar-refractivity contribution is 0.503. The quantitative estimate of drug-likeness (QED) is 0.851. The first kappa shape index (κ1) is 11.2. The fraction of sp³-hybridized carbons (Fsp3) is 0.400. The van der Waals surface area contributed by atoms with E-state index in [4.69, 9.17) is 0 Å². The number of rotatable bonds is 1. The van der Waals surface area contributed by atoms with Gasteiger partial charge in [0.2, 0.25) is 0 Å². The Kier molecular flexibility index (Phi) is 2.30. The number of halogens is 1. The highest BCUT2D eigenvalue weighted by atomic mass is 19.1. The minimum absolute atomic E-state index is 0.205. The van der Waals surface area contributed by atoms with Gasteiger partial charge < -0.3 is 5.32 Å². The van der Waals surface area contributed by atoms with Gasteiger partial charge in [-0.15, -0.1) is 0 Å². The lowest BCUT2D eigenvalue weighted by atomic mass is 10.00. The number of benzene rings is 1. The zero-order valence-corrected chi connectivity index (χ0v) is 10.9. The van der Waals surface area contributed by atoms with Crippen LogP contribution in [0.15, 0.2) is 24.3 Å². The summed E-state index contributed by atoms with van der Waals surface area (Å²) >= 11 is 0. The van der Waals surface area contributed by atoms with Crippen LogP contribution in [0, 0.1) is 12.7 Å². The van der Waals surface area contributed by atoms with Crippen LogP contribution in [0.4, 0.5) is 4.39 Å². The molecular weight excluding hydrogens is 241 g/mol. The molecule has 19 heavy (non-hydrogen) atoms. The zero-order chi connectivity index (χ0) is 13.0. The number of hydrogen-bond donors (Lipinski definition) is 1. The van der Waals surface area contributed by atoms with Gasteiger partial charge in [0.25, 0.3) is 0 Å². The molecule has 1 fully saturated rings. The van der Waals surface area contributed by atoms with Crippen molar-refractivity contribution in [3.63, 3.8) is 0 Å². The van der Waals surface area contributed by atoms with Gasteiger partial charge in [0.05, 0.1) is 17.1 Å². The van der Waals surface area contributed by atoms with E-state index in [1.54, 1.807) is 12.1 Å². The van der Waals surface area contributed by atoms with Gasteiger partial charge in [-0.2, -0.15) is 5.10 Å². The average molecular weight is 257 g/mol. The molecule has 1 saturated heterocycles. The maximum Gasteiger partial charge on any atom is 0.123 e. The molecule has 0 spiro atoms. The van der Waals surface area contributed by atoms with Gasteiger partial charge in [0, 0.05) is 24.1 Å². The first-order valence-electron chi connectivity index (χ1n) is 6.83. The van der Waals surface area contributed by atoms with E-state index in [1.807, 2.05) is 4.68 Å². The van der Waals surface area contributed by atoms with Crippen LogP contribution in [-0.2, 0) is 6.42 Å². The third-order valence-electron chi connectivity index (χ3n) is 4.31. The van der Waals surface area contributed by atoms with E-state index in [9.17, 15) is 4.39 Å². The molecule has 2 aliphatic heterocycles. The van der Waals surface area contributed by atoms with Gasteiger partial charge in [-0.3, -0.25) is 0 Å². The van der Waals surface area contributed by atoms with Crippen molar-refractivity contribution in [1.82, 2.24) is 15.1 Å². The summed E-state index contributed by atoms with van der Waals surface area (Å²) in [7, 11) is 0. The van der Waals surface area contributed by atoms with Gasteiger partial charge in [0.15, 0.2) is 0 Å². The Morgan fingerprint density at radius 1 is 1.26 bits per heavy atom. The summed E-state index contributed by atoms with van der Waals surface area (Å²) < 4.78 is 15.0. The van der Waals surface area contributed by atoms with Crippen LogP contribution in [0.5, 0.6) is 0 Å². The Hall–Kier alpha value is -1.68. The fourth-order valence-corrected chi connectivity index (χ4v) is 3.47. The summed E-state index contributed by atoms with van der Waals surface area (Å²) in [6, 6.07) is 7.62. The van der Waals surface area contributed by atoms with Crippen LogP contribution < -0.4 is 5.32 Å². The molecule has 1 aromatic heterocycles.